The van der Waals surface area contributed by atoms with Gasteiger partial charge in [0.05, 0.1) is 4.92 Å². The minimum absolute atomic E-state index is 0.0143. The van der Waals surface area contributed by atoms with E-state index in [1.807, 2.05) is 20.8 Å². The molecule has 1 heterocycles. The molecule has 0 fully saturated rings. The fraction of sp³-hybridized carbons (Fsp3) is 0.538. The molecular formula is C13H19N3O4. The molecule has 0 unspecified atom stereocenters. The predicted molar refractivity (Wildman–Crippen MR) is 75.1 cm³/mol. The number of anilines is 1. The molecule has 0 atom stereocenters. The molecule has 1 rings (SSSR count). The molecular weight excluding hydrogens is 262 g/mol. The monoisotopic (exact) mass is 281 g/mol. The average molecular weight is 281 g/mol. The molecule has 20 heavy (non-hydrogen) atoms. The third-order valence-corrected chi connectivity index (χ3v) is 3.70. The summed E-state index contributed by atoms with van der Waals surface area (Å²) in [7, 11) is 0. The van der Waals surface area contributed by atoms with Crippen LogP contribution in [0.15, 0.2) is 12.1 Å². The second-order valence-electron chi connectivity index (χ2n) is 4.59. The normalized spacial score (nSPS) is 11.2. The van der Waals surface area contributed by atoms with Crippen molar-refractivity contribution in [3.63, 3.8) is 0 Å². The Morgan fingerprint density at radius 1 is 1.35 bits per heavy atom. The third kappa shape index (κ3) is 3.23. The van der Waals surface area contributed by atoms with Crippen molar-refractivity contribution in [2.45, 2.75) is 45.6 Å². The van der Waals surface area contributed by atoms with Crippen molar-refractivity contribution in [1.82, 2.24) is 4.98 Å². The smallest absolute Gasteiger partial charge is 0.354 e. The van der Waals surface area contributed by atoms with E-state index in [2.05, 4.69) is 10.3 Å². The second-order valence-corrected chi connectivity index (χ2v) is 4.59. The number of carbonyl (C=O) groups is 1. The van der Waals surface area contributed by atoms with Crippen LogP contribution in [-0.2, 0) is 0 Å². The summed E-state index contributed by atoms with van der Waals surface area (Å²) in [5.41, 5.74) is -0.750. The molecule has 7 nitrogen and oxygen atoms in total. The minimum Gasteiger partial charge on any atom is -0.477 e. The van der Waals surface area contributed by atoms with Gasteiger partial charge in [0, 0.05) is 11.6 Å². The zero-order valence-electron chi connectivity index (χ0n) is 11.8. The van der Waals surface area contributed by atoms with Gasteiger partial charge in [0.1, 0.15) is 0 Å². The van der Waals surface area contributed by atoms with Crippen molar-refractivity contribution in [3.8, 4) is 0 Å². The van der Waals surface area contributed by atoms with E-state index >= 15 is 0 Å². The molecule has 1 aromatic heterocycles. The summed E-state index contributed by atoms with van der Waals surface area (Å²) in [5, 5.41) is 23.1. The number of nitro groups is 1. The van der Waals surface area contributed by atoms with E-state index in [1.54, 1.807) is 0 Å². The van der Waals surface area contributed by atoms with E-state index in [9.17, 15) is 14.9 Å². The van der Waals surface area contributed by atoms with Crippen molar-refractivity contribution in [2.75, 3.05) is 5.32 Å². The number of hydrogen-bond donors (Lipinski definition) is 2. The summed E-state index contributed by atoms with van der Waals surface area (Å²) in [5.74, 6) is -1.20. The molecule has 0 radical (unpaired) electrons. The van der Waals surface area contributed by atoms with E-state index in [0.29, 0.717) is 0 Å². The number of carboxylic acids is 1. The van der Waals surface area contributed by atoms with Crippen molar-refractivity contribution < 1.29 is 14.8 Å². The number of nitrogens with zero attached hydrogens (tertiary/aromatic N) is 2. The molecule has 0 amide bonds. The summed E-state index contributed by atoms with van der Waals surface area (Å²) in [6.45, 7) is 5.94. The Labute approximate surface area is 117 Å². The Hall–Kier alpha value is -2.18. The summed E-state index contributed by atoms with van der Waals surface area (Å²) < 4.78 is 0. The van der Waals surface area contributed by atoms with Crippen molar-refractivity contribution >= 4 is 17.5 Å². The summed E-state index contributed by atoms with van der Waals surface area (Å²) in [4.78, 5) is 25.3. The quantitative estimate of drug-likeness (QED) is 0.587. The zero-order valence-corrected chi connectivity index (χ0v) is 11.8. The average Bonchev–Trinajstić information content (AvgIpc) is 2.44. The number of rotatable bonds is 7. The van der Waals surface area contributed by atoms with E-state index in [0.717, 1.165) is 25.3 Å². The van der Waals surface area contributed by atoms with Gasteiger partial charge in [0.25, 0.3) is 0 Å². The van der Waals surface area contributed by atoms with Crippen LogP contribution in [0.3, 0.4) is 0 Å². The van der Waals surface area contributed by atoms with Gasteiger partial charge in [0.15, 0.2) is 5.69 Å². The summed E-state index contributed by atoms with van der Waals surface area (Å²) >= 11 is 0. The minimum atomic E-state index is -1.21. The highest BCUT2D eigenvalue weighted by molar-refractivity contribution is 5.86. The van der Waals surface area contributed by atoms with Crippen LogP contribution < -0.4 is 5.32 Å². The van der Waals surface area contributed by atoms with Crippen LogP contribution in [0.1, 0.15) is 50.5 Å². The third-order valence-electron chi connectivity index (χ3n) is 3.70. The van der Waals surface area contributed by atoms with Gasteiger partial charge >= 0.3 is 11.7 Å². The van der Waals surface area contributed by atoms with Crippen LogP contribution in [0.5, 0.6) is 0 Å². The Morgan fingerprint density at radius 2 is 1.90 bits per heavy atom. The molecule has 110 valence electrons. The van der Waals surface area contributed by atoms with Crippen molar-refractivity contribution in [2.24, 2.45) is 0 Å². The van der Waals surface area contributed by atoms with E-state index in [1.165, 1.54) is 6.07 Å². The van der Waals surface area contributed by atoms with Crippen LogP contribution in [0.4, 0.5) is 11.5 Å². The first-order valence-corrected chi connectivity index (χ1v) is 6.56. The molecule has 0 aliphatic rings. The maximum absolute atomic E-state index is 11.0. The topological polar surface area (TPSA) is 105 Å². The fourth-order valence-electron chi connectivity index (χ4n) is 2.08. The Bertz CT molecular complexity index is 504. The number of carboxylic acid groups (broad SMARTS) is 1. The first-order valence-electron chi connectivity index (χ1n) is 6.56. The lowest BCUT2D eigenvalue weighted by molar-refractivity contribution is -0.384. The molecule has 0 bridgehead atoms. The Kier molecular flexibility index (Phi) is 5.01. The van der Waals surface area contributed by atoms with Gasteiger partial charge in [-0.1, -0.05) is 20.8 Å². The first-order chi connectivity index (χ1) is 9.39. The molecule has 2 N–H and O–H groups in total. The zero-order chi connectivity index (χ0) is 15.3. The highest BCUT2D eigenvalue weighted by Crippen LogP contribution is 2.30. The lowest BCUT2D eigenvalue weighted by Crippen LogP contribution is -2.36. The van der Waals surface area contributed by atoms with E-state index < -0.39 is 10.9 Å². The lowest BCUT2D eigenvalue weighted by Gasteiger charge is -2.32. The number of nitrogens with one attached hydrogen (secondary N) is 1. The molecule has 0 saturated heterocycles. The lowest BCUT2D eigenvalue weighted by atomic mass is 9.90. The number of pyridine rings is 1. The van der Waals surface area contributed by atoms with Crippen molar-refractivity contribution in [1.29, 1.82) is 0 Å². The van der Waals surface area contributed by atoms with E-state index in [4.69, 9.17) is 5.11 Å². The van der Waals surface area contributed by atoms with Crippen LogP contribution in [0.25, 0.3) is 0 Å². The standard InChI is InChI=1S/C13H19N3O4/c1-4-13(5-2,6-3)15-11-10(16(19)20)8-7-9(14-11)12(17)18/h7-8H,4-6H2,1-3H3,(H,14,15)(H,17,18). The van der Waals surface area contributed by atoms with E-state index in [-0.39, 0.29) is 22.7 Å². The second kappa shape index (κ2) is 6.31. The molecule has 0 spiro atoms. The Morgan fingerprint density at radius 3 is 2.30 bits per heavy atom. The summed E-state index contributed by atoms with van der Waals surface area (Å²) in [6, 6.07) is 2.31. The molecule has 0 aliphatic carbocycles. The van der Waals surface area contributed by atoms with Crippen LogP contribution in [-0.4, -0.2) is 26.5 Å². The maximum Gasteiger partial charge on any atom is 0.354 e. The van der Waals surface area contributed by atoms with Gasteiger partial charge in [-0.25, -0.2) is 9.78 Å². The molecule has 1 aromatic rings. The van der Waals surface area contributed by atoms with Gasteiger partial charge in [-0.05, 0) is 25.3 Å². The van der Waals surface area contributed by atoms with Gasteiger partial charge in [-0.3, -0.25) is 10.1 Å². The van der Waals surface area contributed by atoms with Crippen LogP contribution in [0.2, 0.25) is 0 Å². The number of hydrogen-bond acceptors (Lipinski definition) is 5. The molecule has 0 aromatic carbocycles. The number of aromatic nitrogens is 1. The summed E-state index contributed by atoms with van der Waals surface area (Å²) in [6.07, 6.45) is 2.28. The predicted octanol–water partition coefficient (Wildman–Crippen LogP) is 3.07. The SMILES string of the molecule is CCC(CC)(CC)Nc1nc(C(=O)O)ccc1[N+](=O)[O-]. The molecule has 7 heteroatoms. The van der Waals surface area contributed by atoms with Gasteiger partial charge in [-0.2, -0.15) is 0 Å². The highest BCUT2D eigenvalue weighted by Gasteiger charge is 2.28. The largest absolute Gasteiger partial charge is 0.477 e. The maximum atomic E-state index is 11.0. The molecule has 0 saturated carbocycles. The van der Waals surface area contributed by atoms with Crippen LogP contribution >= 0.6 is 0 Å². The Balaban J connectivity index is 3.29. The van der Waals surface area contributed by atoms with Gasteiger partial charge in [0.2, 0.25) is 5.82 Å². The van der Waals surface area contributed by atoms with Gasteiger partial charge < -0.3 is 10.4 Å². The number of aromatic carboxylic acids is 1. The first kappa shape index (κ1) is 15.9. The fourth-order valence-corrected chi connectivity index (χ4v) is 2.08. The van der Waals surface area contributed by atoms with Crippen LogP contribution in [0, 0.1) is 10.1 Å². The van der Waals surface area contributed by atoms with Gasteiger partial charge in [-0.15, -0.1) is 0 Å². The molecule has 0 aliphatic heterocycles. The van der Waals surface area contributed by atoms with Crippen molar-refractivity contribution in [3.05, 3.63) is 27.9 Å². The highest BCUT2D eigenvalue weighted by atomic mass is 16.6.